The molecule has 0 aliphatic rings. The zero-order valence-corrected chi connectivity index (χ0v) is 11.6. The number of rotatable bonds is 2. The molecule has 0 saturated carbocycles. The Kier molecular flexibility index (Phi) is 3.54. The van der Waals surface area contributed by atoms with E-state index in [1.165, 1.54) is 24.3 Å². The molecular formula is C16H10ClFN2O. The van der Waals surface area contributed by atoms with Crippen LogP contribution >= 0.6 is 11.6 Å². The van der Waals surface area contributed by atoms with Gasteiger partial charge in [0, 0.05) is 11.1 Å². The number of para-hydroxylation sites is 1. The Bertz CT molecular complexity index is 835. The van der Waals surface area contributed by atoms with Crippen LogP contribution in [0.4, 0.5) is 10.1 Å². The third kappa shape index (κ3) is 2.85. The van der Waals surface area contributed by atoms with Crippen LogP contribution in [0.2, 0.25) is 5.15 Å². The van der Waals surface area contributed by atoms with Crippen LogP contribution in [-0.4, -0.2) is 10.9 Å². The highest BCUT2D eigenvalue weighted by molar-refractivity contribution is 6.30. The molecule has 0 spiro atoms. The van der Waals surface area contributed by atoms with Crippen molar-refractivity contribution in [1.82, 2.24) is 4.98 Å². The lowest BCUT2D eigenvalue weighted by molar-refractivity contribution is 0.102. The summed E-state index contributed by atoms with van der Waals surface area (Å²) in [5.41, 5.74) is 1.42. The maximum absolute atomic E-state index is 13.2. The molecule has 3 aromatic rings. The lowest BCUT2D eigenvalue weighted by Gasteiger charge is -2.08. The van der Waals surface area contributed by atoms with Crippen molar-refractivity contribution < 1.29 is 9.18 Å². The van der Waals surface area contributed by atoms with Gasteiger partial charge in [-0.25, -0.2) is 9.37 Å². The first-order valence-corrected chi connectivity index (χ1v) is 6.63. The Hall–Kier alpha value is -2.46. The molecule has 0 bridgehead atoms. The first kappa shape index (κ1) is 13.5. The third-order valence-electron chi connectivity index (χ3n) is 3.01. The van der Waals surface area contributed by atoms with E-state index in [-0.39, 0.29) is 11.1 Å². The molecular weight excluding hydrogens is 291 g/mol. The van der Waals surface area contributed by atoms with Gasteiger partial charge in [-0.15, -0.1) is 0 Å². The number of pyridine rings is 1. The van der Waals surface area contributed by atoms with Crippen molar-refractivity contribution in [3.63, 3.8) is 0 Å². The van der Waals surface area contributed by atoms with Crippen LogP contribution in [-0.2, 0) is 0 Å². The number of anilines is 1. The van der Waals surface area contributed by atoms with Gasteiger partial charge in [-0.05, 0) is 30.3 Å². The van der Waals surface area contributed by atoms with Gasteiger partial charge in [0.2, 0.25) is 0 Å². The Morgan fingerprint density at radius 1 is 1.10 bits per heavy atom. The number of aromatic nitrogens is 1. The maximum atomic E-state index is 13.2. The standard InChI is InChI=1S/C16H10ClFN2O/c17-15-9-13(12-6-1-2-7-14(12)20-15)16(21)19-11-5-3-4-10(18)8-11/h1-9H,(H,19,21). The van der Waals surface area contributed by atoms with Crippen LogP contribution in [0.15, 0.2) is 54.6 Å². The van der Waals surface area contributed by atoms with E-state index in [1.54, 1.807) is 18.2 Å². The quantitative estimate of drug-likeness (QED) is 0.718. The summed E-state index contributed by atoms with van der Waals surface area (Å²) in [7, 11) is 0. The van der Waals surface area contributed by atoms with Gasteiger partial charge in [0.1, 0.15) is 11.0 Å². The normalized spacial score (nSPS) is 10.6. The molecule has 1 heterocycles. The lowest BCUT2D eigenvalue weighted by atomic mass is 10.1. The summed E-state index contributed by atoms with van der Waals surface area (Å²) in [6.07, 6.45) is 0. The molecule has 2 aromatic carbocycles. The topological polar surface area (TPSA) is 42.0 Å². The molecule has 0 atom stereocenters. The molecule has 21 heavy (non-hydrogen) atoms. The van der Waals surface area contributed by atoms with Crippen LogP contribution in [0.25, 0.3) is 10.9 Å². The van der Waals surface area contributed by atoms with Gasteiger partial charge >= 0.3 is 0 Å². The predicted octanol–water partition coefficient (Wildman–Crippen LogP) is 4.28. The first-order valence-electron chi connectivity index (χ1n) is 6.26. The van der Waals surface area contributed by atoms with Crippen molar-refractivity contribution in [2.75, 3.05) is 5.32 Å². The molecule has 0 radical (unpaired) electrons. The molecule has 0 saturated heterocycles. The van der Waals surface area contributed by atoms with Crippen LogP contribution in [0.5, 0.6) is 0 Å². The number of hydrogen-bond acceptors (Lipinski definition) is 2. The average Bonchev–Trinajstić information content (AvgIpc) is 2.46. The molecule has 3 rings (SSSR count). The van der Waals surface area contributed by atoms with E-state index in [0.717, 1.165) is 0 Å². The Labute approximate surface area is 125 Å². The Morgan fingerprint density at radius 2 is 1.90 bits per heavy atom. The molecule has 1 amide bonds. The number of nitrogens with one attached hydrogen (secondary N) is 1. The molecule has 5 heteroatoms. The second-order valence-corrected chi connectivity index (χ2v) is 4.86. The van der Waals surface area contributed by atoms with Crippen molar-refractivity contribution in [3.05, 3.63) is 71.1 Å². The summed E-state index contributed by atoms with van der Waals surface area (Å²) in [6.45, 7) is 0. The second-order valence-electron chi connectivity index (χ2n) is 4.47. The number of nitrogens with zero attached hydrogens (tertiary/aromatic N) is 1. The van der Waals surface area contributed by atoms with Gasteiger partial charge in [0.25, 0.3) is 5.91 Å². The minimum absolute atomic E-state index is 0.234. The van der Waals surface area contributed by atoms with E-state index < -0.39 is 5.82 Å². The molecule has 104 valence electrons. The third-order valence-corrected chi connectivity index (χ3v) is 3.21. The fraction of sp³-hybridized carbons (Fsp3) is 0. The minimum atomic E-state index is -0.412. The SMILES string of the molecule is O=C(Nc1cccc(F)c1)c1cc(Cl)nc2ccccc12. The van der Waals surface area contributed by atoms with Gasteiger partial charge in [0.15, 0.2) is 0 Å². The van der Waals surface area contributed by atoms with Gasteiger partial charge in [-0.3, -0.25) is 4.79 Å². The van der Waals surface area contributed by atoms with Crippen molar-refractivity contribution in [2.45, 2.75) is 0 Å². The molecule has 1 aromatic heterocycles. The van der Waals surface area contributed by atoms with Crippen LogP contribution in [0.3, 0.4) is 0 Å². The molecule has 0 fully saturated rings. The summed E-state index contributed by atoms with van der Waals surface area (Å²) >= 11 is 5.94. The number of fused-ring (bicyclic) bond motifs is 1. The summed E-state index contributed by atoms with van der Waals surface area (Å²) in [5.74, 6) is -0.772. The zero-order valence-electron chi connectivity index (χ0n) is 10.8. The lowest BCUT2D eigenvalue weighted by Crippen LogP contribution is -2.13. The highest BCUT2D eigenvalue weighted by atomic mass is 35.5. The number of benzene rings is 2. The fourth-order valence-electron chi connectivity index (χ4n) is 2.10. The van der Waals surface area contributed by atoms with Crippen molar-refractivity contribution in [1.29, 1.82) is 0 Å². The highest BCUT2D eigenvalue weighted by Gasteiger charge is 2.12. The second kappa shape index (κ2) is 5.50. The number of amides is 1. The number of hydrogen-bond donors (Lipinski definition) is 1. The van der Waals surface area contributed by atoms with Crippen LogP contribution in [0, 0.1) is 5.82 Å². The van der Waals surface area contributed by atoms with Crippen molar-refractivity contribution in [2.24, 2.45) is 0 Å². The van der Waals surface area contributed by atoms with Crippen molar-refractivity contribution in [3.8, 4) is 0 Å². The van der Waals surface area contributed by atoms with Crippen molar-refractivity contribution >= 4 is 34.1 Å². The smallest absolute Gasteiger partial charge is 0.256 e. The Morgan fingerprint density at radius 3 is 2.71 bits per heavy atom. The largest absolute Gasteiger partial charge is 0.322 e. The molecule has 0 aliphatic carbocycles. The monoisotopic (exact) mass is 300 g/mol. The van der Waals surface area contributed by atoms with Crippen LogP contribution < -0.4 is 5.32 Å². The Balaban J connectivity index is 2.02. The van der Waals surface area contributed by atoms with Gasteiger partial charge in [-0.2, -0.15) is 0 Å². The molecule has 0 aliphatic heterocycles. The zero-order chi connectivity index (χ0) is 14.8. The van der Waals surface area contributed by atoms with Gasteiger partial charge in [-0.1, -0.05) is 35.9 Å². The van der Waals surface area contributed by atoms with E-state index >= 15 is 0 Å². The molecule has 1 N–H and O–H groups in total. The van der Waals surface area contributed by atoms with E-state index in [2.05, 4.69) is 10.3 Å². The summed E-state index contributed by atoms with van der Waals surface area (Å²) in [5, 5.41) is 3.58. The highest BCUT2D eigenvalue weighted by Crippen LogP contribution is 2.22. The van der Waals surface area contributed by atoms with Crippen LogP contribution in [0.1, 0.15) is 10.4 Å². The minimum Gasteiger partial charge on any atom is -0.322 e. The first-order chi connectivity index (χ1) is 10.1. The van der Waals surface area contributed by atoms with E-state index in [9.17, 15) is 9.18 Å². The molecule has 3 nitrogen and oxygen atoms in total. The number of carbonyl (C=O) groups is 1. The average molecular weight is 301 g/mol. The number of carbonyl (C=O) groups excluding carboxylic acids is 1. The van der Waals surface area contributed by atoms with Gasteiger partial charge in [0.05, 0.1) is 11.1 Å². The van der Waals surface area contributed by atoms with Gasteiger partial charge < -0.3 is 5.32 Å². The fourth-order valence-corrected chi connectivity index (χ4v) is 2.30. The summed E-state index contributed by atoms with van der Waals surface area (Å²) < 4.78 is 13.2. The van der Waals surface area contributed by atoms with E-state index in [4.69, 9.17) is 11.6 Å². The molecule has 0 unspecified atom stereocenters. The summed E-state index contributed by atoms with van der Waals surface area (Å²) in [6, 6.07) is 14.4. The maximum Gasteiger partial charge on any atom is 0.256 e. The number of halogens is 2. The van der Waals surface area contributed by atoms with E-state index in [1.807, 2.05) is 12.1 Å². The summed E-state index contributed by atoms with van der Waals surface area (Å²) in [4.78, 5) is 16.5. The predicted molar refractivity (Wildman–Crippen MR) is 81.1 cm³/mol. The van der Waals surface area contributed by atoms with E-state index in [0.29, 0.717) is 22.2 Å².